The summed E-state index contributed by atoms with van der Waals surface area (Å²) in [6.45, 7) is 0. The lowest BCUT2D eigenvalue weighted by molar-refractivity contribution is -0.137. The predicted molar refractivity (Wildman–Crippen MR) is 72.9 cm³/mol. The van der Waals surface area contributed by atoms with Crippen LogP contribution < -0.4 is 5.73 Å². The van der Waals surface area contributed by atoms with Crippen molar-refractivity contribution in [2.75, 3.05) is 7.11 Å². The van der Waals surface area contributed by atoms with Gasteiger partial charge in [0.05, 0.1) is 12.0 Å². The van der Waals surface area contributed by atoms with Crippen LogP contribution in [0, 0.1) is 0 Å². The van der Waals surface area contributed by atoms with E-state index < -0.39 is 12.0 Å². The summed E-state index contributed by atoms with van der Waals surface area (Å²) in [6, 6.07) is 7.48. The van der Waals surface area contributed by atoms with Gasteiger partial charge in [-0.3, -0.25) is 4.79 Å². The van der Waals surface area contributed by atoms with Crippen LogP contribution in [0.3, 0.4) is 0 Å². The van der Waals surface area contributed by atoms with Gasteiger partial charge in [-0.15, -0.1) is 0 Å². The van der Waals surface area contributed by atoms with Crippen molar-refractivity contribution in [2.24, 2.45) is 5.73 Å². The zero-order chi connectivity index (χ0) is 13.9. The van der Waals surface area contributed by atoms with Gasteiger partial charge in [0.25, 0.3) is 0 Å². The van der Waals surface area contributed by atoms with Crippen LogP contribution in [0.1, 0.15) is 42.9 Å². The summed E-state index contributed by atoms with van der Waals surface area (Å²) in [4.78, 5) is 10.6. The van der Waals surface area contributed by atoms with E-state index in [2.05, 4.69) is 0 Å². The molecule has 2 rings (SSSR count). The minimum absolute atomic E-state index is 0.0356. The van der Waals surface area contributed by atoms with Crippen molar-refractivity contribution in [2.45, 2.75) is 43.7 Å². The summed E-state index contributed by atoms with van der Waals surface area (Å²) in [5.74, 6) is -0.868. The van der Waals surface area contributed by atoms with Crippen LogP contribution in [0.25, 0.3) is 0 Å². The minimum Gasteiger partial charge on any atom is -0.481 e. The number of methoxy groups -OCH3 is 1. The summed E-state index contributed by atoms with van der Waals surface area (Å²) < 4.78 is 5.49. The van der Waals surface area contributed by atoms with Gasteiger partial charge in [0.1, 0.15) is 0 Å². The Morgan fingerprint density at radius 1 is 1.42 bits per heavy atom. The highest BCUT2D eigenvalue weighted by atomic mass is 16.5. The van der Waals surface area contributed by atoms with E-state index in [9.17, 15) is 4.79 Å². The van der Waals surface area contributed by atoms with E-state index in [4.69, 9.17) is 15.6 Å². The van der Waals surface area contributed by atoms with Crippen molar-refractivity contribution in [3.63, 3.8) is 0 Å². The maximum Gasteiger partial charge on any atom is 0.305 e. The summed E-state index contributed by atoms with van der Waals surface area (Å²) in [6.07, 6.45) is 4.31. The number of hydrogen-bond donors (Lipinski definition) is 2. The summed E-state index contributed by atoms with van der Waals surface area (Å²) in [5.41, 5.74) is 8.06. The quantitative estimate of drug-likeness (QED) is 0.791. The Labute approximate surface area is 113 Å². The van der Waals surface area contributed by atoms with E-state index in [0.29, 0.717) is 0 Å². The SMILES string of the molecule is COC1(CCc2ccc(C(N)CC(=O)O)cc2)CC1. The van der Waals surface area contributed by atoms with Gasteiger partial charge in [-0.2, -0.15) is 0 Å². The number of ether oxygens (including phenoxy) is 1. The number of nitrogens with two attached hydrogens (primary N) is 1. The van der Waals surface area contributed by atoms with E-state index in [1.54, 1.807) is 7.11 Å². The van der Waals surface area contributed by atoms with Crippen LogP contribution >= 0.6 is 0 Å². The number of carboxylic acid groups (broad SMARTS) is 1. The summed E-state index contributed by atoms with van der Waals surface area (Å²) in [5, 5.41) is 8.71. The first-order chi connectivity index (χ1) is 9.04. The Morgan fingerprint density at radius 3 is 2.53 bits per heavy atom. The molecule has 1 unspecified atom stereocenters. The lowest BCUT2D eigenvalue weighted by Gasteiger charge is -2.14. The third-order valence-electron chi connectivity index (χ3n) is 3.91. The molecule has 1 atom stereocenters. The Hall–Kier alpha value is -1.39. The van der Waals surface area contributed by atoms with Crippen molar-refractivity contribution in [3.05, 3.63) is 35.4 Å². The first-order valence-corrected chi connectivity index (χ1v) is 6.66. The van der Waals surface area contributed by atoms with Crippen molar-refractivity contribution in [1.29, 1.82) is 0 Å². The zero-order valence-electron chi connectivity index (χ0n) is 11.3. The topological polar surface area (TPSA) is 72.5 Å². The molecule has 4 nitrogen and oxygen atoms in total. The molecule has 1 aromatic carbocycles. The lowest BCUT2D eigenvalue weighted by Crippen LogP contribution is -2.15. The number of aliphatic carboxylic acids is 1. The predicted octanol–water partition coefficient (Wildman–Crippen LogP) is 2.27. The van der Waals surface area contributed by atoms with Crippen molar-refractivity contribution in [1.82, 2.24) is 0 Å². The number of benzene rings is 1. The maximum atomic E-state index is 10.6. The fraction of sp³-hybridized carbons (Fsp3) is 0.533. The summed E-state index contributed by atoms with van der Waals surface area (Å²) in [7, 11) is 1.78. The molecule has 1 aliphatic carbocycles. The average Bonchev–Trinajstić information content (AvgIpc) is 3.17. The number of hydrogen-bond acceptors (Lipinski definition) is 3. The van der Waals surface area contributed by atoms with Gasteiger partial charge in [-0.1, -0.05) is 24.3 Å². The molecule has 0 radical (unpaired) electrons. The van der Waals surface area contributed by atoms with Gasteiger partial charge < -0.3 is 15.6 Å². The zero-order valence-corrected chi connectivity index (χ0v) is 11.3. The van der Waals surface area contributed by atoms with Crippen LogP contribution in [0.2, 0.25) is 0 Å². The van der Waals surface area contributed by atoms with E-state index in [1.807, 2.05) is 24.3 Å². The van der Waals surface area contributed by atoms with Gasteiger partial charge in [-0.25, -0.2) is 0 Å². The molecule has 0 heterocycles. The fourth-order valence-corrected chi connectivity index (χ4v) is 2.31. The molecule has 0 spiro atoms. The normalized spacial score (nSPS) is 18.0. The summed E-state index contributed by atoms with van der Waals surface area (Å²) >= 11 is 0. The second-order valence-electron chi connectivity index (χ2n) is 5.33. The molecular weight excluding hydrogens is 242 g/mol. The molecule has 1 saturated carbocycles. The van der Waals surface area contributed by atoms with Crippen LogP contribution in [0.15, 0.2) is 24.3 Å². The van der Waals surface area contributed by atoms with Crippen molar-refractivity contribution >= 4 is 5.97 Å². The molecule has 104 valence electrons. The van der Waals surface area contributed by atoms with Crippen molar-refractivity contribution in [3.8, 4) is 0 Å². The Balaban J connectivity index is 1.89. The highest BCUT2D eigenvalue weighted by Gasteiger charge is 2.42. The Kier molecular flexibility index (Phi) is 4.22. The van der Waals surface area contributed by atoms with Crippen LogP contribution in [-0.2, 0) is 16.0 Å². The fourth-order valence-electron chi connectivity index (χ4n) is 2.31. The monoisotopic (exact) mass is 263 g/mol. The number of carbonyl (C=O) groups is 1. The maximum absolute atomic E-state index is 10.6. The first kappa shape index (κ1) is 14.0. The molecule has 0 aliphatic heterocycles. The molecule has 1 aromatic rings. The van der Waals surface area contributed by atoms with Crippen LogP contribution in [-0.4, -0.2) is 23.8 Å². The Morgan fingerprint density at radius 2 is 2.05 bits per heavy atom. The molecular formula is C15H21NO3. The molecule has 0 amide bonds. The number of rotatable bonds is 7. The van der Waals surface area contributed by atoms with Crippen LogP contribution in [0.4, 0.5) is 0 Å². The van der Waals surface area contributed by atoms with E-state index in [0.717, 1.165) is 31.2 Å². The van der Waals surface area contributed by atoms with Gasteiger partial charge in [0.15, 0.2) is 0 Å². The molecule has 1 fully saturated rings. The number of aryl methyl sites for hydroxylation is 1. The smallest absolute Gasteiger partial charge is 0.305 e. The van der Waals surface area contributed by atoms with Crippen LogP contribution in [0.5, 0.6) is 0 Å². The van der Waals surface area contributed by atoms with Gasteiger partial charge in [0, 0.05) is 13.2 Å². The van der Waals surface area contributed by atoms with E-state index in [-0.39, 0.29) is 12.0 Å². The first-order valence-electron chi connectivity index (χ1n) is 6.66. The number of carboxylic acids is 1. The largest absolute Gasteiger partial charge is 0.481 e. The minimum atomic E-state index is -0.868. The van der Waals surface area contributed by atoms with Gasteiger partial charge in [-0.05, 0) is 36.8 Å². The molecule has 4 heteroatoms. The second kappa shape index (κ2) is 5.72. The third-order valence-corrected chi connectivity index (χ3v) is 3.91. The van der Waals surface area contributed by atoms with E-state index in [1.165, 1.54) is 5.56 Å². The molecule has 19 heavy (non-hydrogen) atoms. The van der Waals surface area contributed by atoms with E-state index >= 15 is 0 Å². The molecule has 1 aliphatic rings. The standard InChI is InChI=1S/C15H21NO3/c1-19-15(8-9-15)7-6-11-2-4-12(5-3-11)13(16)10-14(17)18/h2-5,13H,6-10,16H2,1H3,(H,17,18). The third kappa shape index (κ3) is 3.78. The average molecular weight is 263 g/mol. The molecule has 3 N–H and O–H groups in total. The second-order valence-corrected chi connectivity index (χ2v) is 5.33. The van der Waals surface area contributed by atoms with Gasteiger partial charge in [0.2, 0.25) is 0 Å². The highest BCUT2D eigenvalue weighted by Crippen LogP contribution is 2.42. The molecule has 0 bridgehead atoms. The molecule has 0 saturated heterocycles. The lowest BCUT2D eigenvalue weighted by atomic mass is 10.00. The highest BCUT2D eigenvalue weighted by molar-refractivity contribution is 5.67. The molecule has 0 aromatic heterocycles. The van der Waals surface area contributed by atoms with Crippen molar-refractivity contribution < 1.29 is 14.6 Å². The Bertz CT molecular complexity index is 437. The van der Waals surface area contributed by atoms with Gasteiger partial charge >= 0.3 is 5.97 Å².